The van der Waals surface area contributed by atoms with E-state index in [4.69, 9.17) is 9.52 Å². The third-order valence-electron chi connectivity index (χ3n) is 8.13. The topological polar surface area (TPSA) is 56.7 Å². The molecule has 4 rings (SSSR count). The molecule has 240 valence electrons. The van der Waals surface area contributed by atoms with Crippen LogP contribution in [0.2, 0.25) is 0 Å². The van der Waals surface area contributed by atoms with Gasteiger partial charge in [0.1, 0.15) is 25.6 Å². The summed E-state index contributed by atoms with van der Waals surface area (Å²) in [6.45, 7) is 9.70. The van der Waals surface area contributed by atoms with Gasteiger partial charge in [-0.2, -0.15) is 0 Å². The molecule has 0 saturated carbocycles. The number of carbonyl (C=O) groups is 1. The molecule has 0 bridgehead atoms. The van der Waals surface area contributed by atoms with Crippen molar-refractivity contribution in [2.24, 2.45) is 0 Å². The lowest BCUT2D eigenvalue weighted by atomic mass is 9.83. The van der Waals surface area contributed by atoms with E-state index in [2.05, 4.69) is 20.8 Å². The number of anilines is 1. The molecule has 0 saturated heterocycles. The van der Waals surface area contributed by atoms with Crippen LogP contribution >= 0.6 is 0 Å². The van der Waals surface area contributed by atoms with Crippen molar-refractivity contribution in [1.82, 2.24) is 4.58 Å². The lowest BCUT2D eigenvalue weighted by molar-refractivity contribution is -0.137. The molecule has 1 aromatic carbocycles. The molecule has 0 unspecified atom stereocenters. The highest BCUT2D eigenvalue weighted by Crippen LogP contribution is 2.51. The molecule has 5 nitrogen and oxygen atoms in total. The summed E-state index contributed by atoms with van der Waals surface area (Å²) in [6.07, 6.45) is 10.4. The summed E-state index contributed by atoms with van der Waals surface area (Å²) >= 11 is 0. The van der Waals surface area contributed by atoms with E-state index in [0.717, 1.165) is 28.0 Å². The third kappa shape index (κ3) is 6.92. The first-order valence-electron chi connectivity index (χ1n) is 15.1. The van der Waals surface area contributed by atoms with Crippen LogP contribution in [0.5, 0.6) is 0 Å². The van der Waals surface area contributed by atoms with Crippen molar-refractivity contribution in [2.45, 2.75) is 71.1 Å². The predicted octanol–water partition coefficient (Wildman–Crippen LogP) is 8.17. The molecule has 3 aliphatic rings. The largest absolute Gasteiger partial charge is 0.481 e. The molecule has 0 amide bonds. The summed E-state index contributed by atoms with van der Waals surface area (Å²) in [7, 11) is 3.94. The van der Waals surface area contributed by atoms with Crippen LogP contribution in [0.25, 0.3) is 17.4 Å². The second-order valence-corrected chi connectivity index (χ2v) is 13.1. The van der Waals surface area contributed by atoms with Crippen LogP contribution < -0.4 is 14.8 Å². The van der Waals surface area contributed by atoms with Gasteiger partial charge in [-0.3, -0.25) is 4.79 Å². The second kappa shape index (κ2) is 13.1. The Hall–Kier alpha value is -4.14. The van der Waals surface area contributed by atoms with Crippen LogP contribution in [0.1, 0.15) is 77.2 Å². The first-order chi connectivity index (χ1) is 21.1. The Kier molecular flexibility index (Phi) is 9.80. The minimum Gasteiger partial charge on any atom is -0.481 e. The van der Waals surface area contributed by atoms with Crippen LogP contribution in [0.3, 0.4) is 0 Å². The van der Waals surface area contributed by atoms with E-state index in [9.17, 15) is 13.6 Å². The molecule has 1 aliphatic carbocycles. The normalized spacial score (nSPS) is 15.6. The van der Waals surface area contributed by atoms with Crippen LogP contribution in [-0.4, -0.2) is 31.7 Å². The average molecular weight is 626 g/mol. The van der Waals surface area contributed by atoms with Gasteiger partial charge in [0.25, 0.3) is 0 Å². The first kappa shape index (κ1) is 33.7. The van der Waals surface area contributed by atoms with Crippen molar-refractivity contribution in [3.63, 3.8) is 0 Å². The van der Waals surface area contributed by atoms with Gasteiger partial charge in [-0.1, -0.05) is 65.3 Å². The van der Waals surface area contributed by atoms with Crippen LogP contribution in [0.4, 0.5) is 23.2 Å². The average Bonchev–Trinajstić information content (AvgIpc) is 3.18. The van der Waals surface area contributed by atoms with E-state index in [0.29, 0.717) is 25.0 Å². The van der Waals surface area contributed by atoms with Gasteiger partial charge < -0.3 is 14.4 Å². The molecule has 0 aromatic heterocycles. The molecule has 1 N–H and O–H groups in total. The third-order valence-corrected chi connectivity index (χ3v) is 8.13. The second-order valence-electron chi connectivity index (χ2n) is 13.1. The molecule has 0 fully saturated rings. The van der Waals surface area contributed by atoms with E-state index >= 15 is 8.78 Å². The quantitative estimate of drug-likeness (QED) is 0.0651. The fourth-order valence-electron chi connectivity index (χ4n) is 5.64. The molecule has 1 aromatic rings. The van der Waals surface area contributed by atoms with Crippen molar-refractivity contribution in [3.05, 3.63) is 99.8 Å². The predicted molar refractivity (Wildman–Crippen MR) is 170 cm³/mol. The summed E-state index contributed by atoms with van der Waals surface area (Å²) in [5, 5.41) is 9.94. The SMILES string of the molecule is C[N+](C)=c1ccc2c(/C=C/C=C/C=C3/N(CCCCCC(=O)O)c4c(F)c(F)c(F)c(F)c4C3(C)C)cc(C(C)(C)C)oc-2c1. The van der Waals surface area contributed by atoms with Gasteiger partial charge in [-0.15, -0.1) is 0 Å². The number of halogens is 4. The van der Waals surface area contributed by atoms with Gasteiger partial charge in [-0.25, -0.2) is 22.1 Å². The van der Waals surface area contributed by atoms with Gasteiger partial charge in [0.2, 0.25) is 5.36 Å². The fourth-order valence-corrected chi connectivity index (χ4v) is 5.64. The van der Waals surface area contributed by atoms with Gasteiger partial charge in [-0.05, 0) is 36.6 Å². The molecule has 2 aliphatic heterocycles. The lowest BCUT2D eigenvalue weighted by Crippen LogP contribution is -2.27. The smallest absolute Gasteiger partial charge is 0.303 e. The zero-order valence-corrected chi connectivity index (χ0v) is 26.9. The standard InChI is InChI=1S/C36H40F4N2O3/c1-35(2,3)27-20-22(24-18-17-23(41(6)7)21-25(24)45-27)14-10-8-11-15-26-36(4,5)29-30(37)31(38)32(39)33(40)34(29)42(26)19-13-9-12-16-28(43)44/h8,10-11,14-15,17-18,20-21H,9,12-13,16,19H2,1-7H3/p+1. The summed E-state index contributed by atoms with van der Waals surface area (Å²) in [6, 6.07) is 8.05. The number of carboxylic acid groups (broad SMARTS) is 1. The number of hydrogen-bond donors (Lipinski definition) is 1. The maximum Gasteiger partial charge on any atom is 0.303 e. The zero-order chi connectivity index (χ0) is 33.3. The van der Waals surface area contributed by atoms with Crippen molar-refractivity contribution in [3.8, 4) is 11.3 Å². The Balaban J connectivity index is 1.70. The number of allylic oxidation sites excluding steroid dienone is 5. The number of rotatable bonds is 9. The number of aliphatic carboxylic acids is 1. The Morgan fingerprint density at radius 3 is 2.29 bits per heavy atom. The highest BCUT2D eigenvalue weighted by atomic mass is 19.2. The molecule has 0 spiro atoms. The van der Waals surface area contributed by atoms with Gasteiger partial charge in [0, 0.05) is 46.7 Å². The fraction of sp³-hybridized carbons (Fsp3) is 0.389. The monoisotopic (exact) mass is 625 g/mol. The number of nitrogens with zero attached hydrogens (tertiary/aromatic N) is 2. The minimum absolute atomic E-state index is 0.0124. The van der Waals surface area contributed by atoms with Crippen molar-refractivity contribution in [2.75, 3.05) is 25.5 Å². The molecular weight excluding hydrogens is 584 g/mol. The summed E-state index contributed by atoms with van der Waals surface area (Å²) in [4.78, 5) is 12.4. The number of benzene rings is 2. The van der Waals surface area contributed by atoms with Gasteiger partial charge in [0.15, 0.2) is 23.3 Å². The van der Waals surface area contributed by atoms with Gasteiger partial charge in [0.05, 0.1) is 11.8 Å². The number of hydrogen-bond acceptors (Lipinski definition) is 3. The van der Waals surface area contributed by atoms with E-state index in [-0.39, 0.29) is 29.6 Å². The highest BCUT2D eigenvalue weighted by Gasteiger charge is 2.46. The summed E-state index contributed by atoms with van der Waals surface area (Å²) in [5.41, 5.74) is 0.394. The molecule has 0 radical (unpaired) electrons. The lowest BCUT2D eigenvalue weighted by Gasteiger charge is -2.27. The number of fused-ring (bicyclic) bond motifs is 2. The molecule has 2 heterocycles. The zero-order valence-electron chi connectivity index (χ0n) is 26.9. The summed E-state index contributed by atoms with van der Waals surface area (Å²) in [5.74, 6) is -5.88. The molecular formula is C36H41F4N2O3+. The van der Waals surface area contributed by atoms with Crippen molar-refractivity contribution < 1.29 is 31.9 Å². The Labute approximate surface area is 261 Å². The van der Waals surface area contributed by atoms with Crippen LogP contribution in [-0.2, 0) is 15.6 Å². The Morgan fingerprint density at radius 2 is 1.64 bits per heavy atom. The maximum absolute atomic E-state index is 15.2. The number of unbranched alkanes of at least 4 members (excludes halogenated alkanes) is 2. The first-order valence-corrected chi connectivity index (χ1v) is 15.1. The highest BCUT2D eigenvalue weighted by molar-refractivity contribution is 5.74. The summed E-state index contributed by atoms with van der Waals surface area (Å²) < 4.78 is 67.3. The molecule has 0 atom stereocenters. The van der Waals surface area contributed by atoms with Crippen molar-refractivity contribution in [1.29, 1.82) is 0 Å². The molecule has 45 heavy (non-hydrogen) atoms. The Bertz CT molecular complexity index is 1740. The molecule has 9 heteroatoms. The van der Waals surface area contributed by atoms with E-state index in [1.807, 2.05) is 55.1 Å². The van der Waals surface area contributed by atoms with E-state index in [1.54, 1.807) is 32.1 Å². The van der Waals surface area contributed by atoms with Crippen LogP contribution in [0, 0.1) is 23.3 Å². The minimum atomic E-state index is -1.85. The van der Waals surface area contributed by atoms with Crippen molar-refractivity contribution >= 4 is 17.7 Å². The Morgan fingerprint density at radius 1 is 0.956 bits per heavy atom. The van der Waals surface area contributed by atoms with E-state index < -0.39 is 34.7 Å². The van der Waals surface area contributed by atoms with E-state index in [1.165, 1.54) is 4.90 Å². The number of carboxylic acids is 1. The van der Waals surface area contributed by atoms with Crippen LogP contribution in [0.15, 0.2) is 58.7 Å². The van der Waals surface area contributed by atoms with Gasteiger partial charge >= 0.3 is 5.97 Å². The maximum atomic E-state index is 15.2.